The molecule has 1 atom stereocenters. The van der Waals surface area contributed by atoms with Gasteiger partial charge in [-0.25, -0.2) is 4.63 Å². The number of nitrogens with zero attached hydrogens (tertiary/aromatic N) is 6. The van der Waals surface area contributed by atoms with Crippen LogP contribution < -0.4 is 4.90 Å². The standard InChI is InChI=1S/C20H25F3N6O3/c1-27(4-5-31-3)9-12-10-29(11-12)16-7-13(6-15-17(16)26-32-25-15)14-8-24-28(2)18(14)19(30)20(21,22)23/h6-8,12,19,30H,4-5,9-11H2,1-3H3. The highest BCUT2D eigenvalue weighted by atomic mass is 19.4. The van der Waals surface area contributed by atoms with Crippen LogP contribution >= 0.6 is 0 Å². The van der Waals surface area contributed by atoms with Gasteiger partial charge in [0.05, 0.1) is 24.2 Å². The first-order valence-electron chi connectivity index (χ1n) is 10.1. The molecule has 12 heteroatoms. The number of rotatable bonds is 8. The predicted molar refractivity (Wildman–Crippen MR) is 110 cm³/mol. The van der Waals surface area contributed by atoms with Gasteiger partial charge in [-0.15, -0.1) is 0 Å². The maximum atomic E-state index is 13.2. The third-order valence-corrected chi connectivity index (χ3v) is 5.75. The summed E-state index contributed by atoms with van der Waals surface area (Å²) < 4.78 is 50.7. The van der Waals surface area contributed by atoms with Crippen molar-refractivity contribution < 1.29 is 27.6 Å². The van der Waals surface area contributed by atoms with Crippen molar-refractivity contribution in [3.63, 3.8) is 0 Å². The van der Waals surface area contributed by atoms with Crippen LogP contribution in [0.15, 0.2) is 23.0 Å². The Labute approximate surface area is 182 Å². The van der Waals surface area contributed by atoms with Crippen molar-refractivity contribution in [1.29, 1.82) is 0 Å². The van der Waals surface area contributed by atoms with Gasteiger partial charge in [0.2, 0.25) is 0 Å². The average molecular weight is 454 g/mol. The van der Waals surface area contributed by atoms with E-state index in [9.17, 15) is 18.3 Å². The van der Waals surface area contributed by atoms with Crippen molar-refractivity contribution in [3.8, 4) is 11.1 Å². The summed E-state index contributed by atoms with van der Waals surface area (Å²) in [6.07, 6.45) is -6.16. The number of likely N-dealkylation sites (N-methyl/N-ethyl adjacent to an activating group) is 1. The first-order valence-corrected chi connectivity index (χ1v) is 10.1. The molecule has 0 bridgehead atoms. The first-order chi connectivity index (χ1) is 15.2. The van der Waals surface area contributed by atoms with Crippen molar-refractivity contribution in [2.24, 2.45) is 13.0 Å². The summed E-state index contributed by atoms with van der Waals surface area (Å²) in [5.74, 6) is 0.441. The molecule has 1 saturated heterocycles. The Morgan fingerprint density at radius 1 is 1.31 bits per heavy atom. The molecule has 0 radical (unpaired) electrons. The molecule has 2 aromatic heterocycles. The molecule has 32 heavy (non-hydrogen) atoms. The molecule has 0 saturated carbocycles. The zero-order valence-corrected chi connectivity index (χ0v) is 18.0. The van der Waals surface area contributed by atoms with E-state index in [1.54, 1.807) is 19.2 Å². The van der Waals surface area contributed by atoms with E-state index in [4.69, 9.17) is 9.37 Å². The topological polar surface area (TPSA) is 92.7 Å². The quantitative estimate of drug-likeness (QED) is 0.554. The number of ether oxygens (including phenoxy) is 1. The van der Waals surface area contributed by atoms with Crippen LogP contribution in [0.3, 0.4) is 0 Å². The maximum Gasteiger partial charge on any atom is 0.420 e. The fourth-order valence-corrected chi connectivity index (χ4v) is 4.08. The number of anilines is 1. The van der Waals surface area contributed by atoms with Crippen LogP contribution in [0.25, 0.3) is 22.2 Å². The summed E-state index contributed by atoms with van der Waals surface area (Å²) in [4.78, 5) is 4.30. The van der Waals surface area contributed by atoms with E-state index < -0.39 is 12.3 Å². The highest BCUT2D eigenvalue weighted by Gasteiger charge is 2.43. The zero-order chi connectivity index (χ0) is 23.0. The van der Waals surface area contributed by atoms with E-state index in [1.807, 2.05) is 7.05 Å². The summed E-state index contributed by atoms with van der Waals surface area (Å²) >= 11 is 0. The third kappa shape index (κ3) is 4.30. The van der Waals surface area contributed by atoms with Gasteiger partial charge in [-0.3, -0.25) is 4.68 Å². The number of aliphatic hydroxyl groups is 1. The van der Waals surface area contributed by atoms with E-state index >= 15 is 0 Å². The number of halogens is 3. The van der Waals surface area contributed by atoms with Gasteiger partial charge < -0.3 is 19.6 Å². The number of hydrogen-bond donors (Lipinski definition) is 1. The molecule has 1 aromatic carbocycles. The fourth-order valence-electron chi connectivity index (χ4n) is 4.08. The van der Waals surface area contributed by atoms with E-state index in [-0.39, 0.29) is 11.3 Å². The molecule has 1 aliphatic rings. The molecular weight excluding hydrogens is 429 g/mol. The third-order valence-electron chi connectivity index (χ3n) is 5.75. The van der Waals surface area contributed by atoms with E-state index in [0.29, 0.717) is 29.1 Å². The molecule has 0 amide bonds. The van der Waals surface area contributed by atoms with Gasteiger partial charge in [0.25, 0.3) is 0 Å². The van der Waals surface area contributed by atoms with Crippen molar-refractivity contribution in [3.05, 3.63) is 24.0 Å². The largest absolute Gasteiger partial charge is 0.420 e. The average Bonchev–Trinajstić information content (AvgIpc) is 3.33. The van der Waals surface area contributed by atoms with Crippen molar-refractivity contribution in [2.75, 3.05) is 51.8 Å². The number of methoxy groups -OCH3 is 1. The molecule has 9 nitrogen and oxygen atoms in total. The lowest BCUT2D eigenvalue weighted by Gasteiger charge is -2.42. The predicted octanol–water partition coefficient (Wildman–Crippen LogP) is 2.23. The van der Waals surface area contributed by atoms with Crippen molar-refractivity contribution in [1.82, 2.24) is 25.0 Å². The molecule has 3 aromatic rings. The SMILES string of the molecule is COCCN(C)CC1CN(c2cc(-c3cnn(C)c3C(O)C(F)(F)F)cc3nonc23)C1. The molecular formula is C20H25F3N6O3. The second-order valence-electron chi connectivity index (χ2n) is 8.16. The number of aryl methyl sites for hydroxylation is 1. The molecule has 1 fully saturated rings. The molecule has 0 aliphatic carbocycles. The lowest BCUT2D eigenvalue weighted by molar-refractivity contribution is -0.208. The van der Waals surface area contributed by atoms with Crippen LogP contribution in [0.5, 0.6) is 0 Å². The monoisotopic (exact) mass is 454 g/mol. The molecule has 1 aliphatic heterocycles. The Morgan fingerprint density at radius 3 is 2.75 bits per heavy atom. The van der Waals surface area contributed by atoms with Gasteiger partial charge in [-0.2, -0.15) is 18.3 Å². The normalized spacial score (nSPS) is 16.2. The second-order valence-corrected chi connectivity index (χ2v) is 8.16. The smallest absolute Gasteiger partial charge is 0.383 e. The summed E-state index contributed by atoms with van der Waals surface area (Å²) in [6.45, 7) is 3.95. The maximum absolute atomic E-state index is 13.2. The van der Waals surface area contributed by atoms with E-state index in [1.165, 1.54) is 13.2 Å². The highest BCUT2D eigenvalue weighted by Crippen LogP contribution is 2.40. The molecule has 1 unspecified atom stereocenters. The Kier molecular flexibility index (Phi) is 6.10. The van der Waals surface area contributed by atoms with Crippen LogP contribution in [0.1, 0.15) is 11.8 Å². The lowest BCUT2D eigenvalue weighted by atomic mass is 9.96. The summed E-state index contributed by atoms with van der Waals surface area (Å²) in [5.41, 5.74) is 2.00. The second kappa shape index (κ2) is 8.68. The molecule has 3 heterocycles. The number of fused-ring (bicyclic) bond motifs is 1. The first kappa shape index (κ1) is 22.5. The molecule has 0 spiro atoms. The molecule has 4 rings (SSSR count). The minimum atomic E-state index is -4.82. The Hall–Kier alpha value is -2.70. The Bertz CT molecular complexity index is 1080. The fraction of sp³-hybridized carbons (Fsp3) is 0.550. The number of alkyl halides is 3. The Balaban J connectivity index is 1.61. The minimum absolute atomic E-state index is 0.180. The summed E-state index contributed by atoms with van der Waals surface area (Å²) in [5, 5.41) is 21.7. The van der Waals surface area contributed by atoms with Gasteiger partial charge in [0.15, 0.2) is 11.6 Å². The van der Waals surface area contributed by atoms with Gasteiger partial charge in [-0.1, -0.05) is 0 Å². The summed E-state index contributed by atoms with van der Waals surface area (Å²) in [6, 6.07) is 3.34. The highest BCUT2D eigenvalue weighted by molar-refractivity contribution is 5.93. The van der Waals surface area contributed by atoms with Crippen molar-refractivity contribution in [2.45, 2.75) is 12.3 Å². The lowest BCUT2D eigenvalue weighted by Crippen LogP contribution is -2.51. The van der Waals surface area contributed by atoms with Gasteiger partial charge in [0.1, 0.15) is 5.52 Å². The number of benzene rings is 1. The van der Waals surface area contributed by atoms with Gasteiger partial charge in [0, 0.05) is 51.8 Å². The number of aliphatic hydroxyl groups excluding tert-OH is 1. The molecule has 174 valence electrons. The van der Waals surface area contributed by atoms with Gasteiger partial charge in [-0.05, 0) is 35.1 Å². The van der Waals surface area contributed by atoms with Crippen LogP contribution in [0.4, 0.5) is 18.9 Å². The van der Waals surface area contributed by atoms with E-state index in [0.717, 1.165) is 36.5 Å². The number of hydrogen-bond acceptors (Lipinski definition) is 8. The van der Waals surface area contributed by atoms with Crippen LogP contribution in [0, 0.1) is 5.92 Å². The summed E-state index contributed by atoms with van der Waals surface area (Å²) in [7, 11) is 5.08. The van der Waals surface area contributed by atoms with Crippen LogP contribution in [-0.4, -0.2) is 83.2 Å². The number of aromatic nitrogens is 4. The van der Waals surface area contributed by atoms with E-state index in [2.05, 4.69) is 25.2 Å². The molecule has 1 N–H and O–H groups in total. The minimum Gasteiger partial charge on any atom is -0.383 e. The van der Waals surface area contributed by atoms with Crippen molar-refractivity contribution >= 4 is 16.7 Å². The zero-order valence-electron chi connectivity index (χ0n) is 18.0. The van der Waals surface area contributed by atoms with Gasteiger partial charge >= 0.3 is 6.18 Å². The Morgan fingerprint density at radius 2 is 2.06 bits per heavy atom. The van der Waals surface area contributed by atoms with Crippen LogP contribution in [0.2, 0.25) is 0 Å². The van der Waals surface area contributed by atoms with Crippen LogP contribution in [-0.2, 0) is 11.8 Å².